The van der Waals surface area contributed by atoms with Crippen molar-refractivity contribution < 1.29 is 4.39 Å². The molecule has 0 saturated carbocycles. The molecule has 0 atom stereocenters. The van der Waals surface area contributed by atoms with Gasteiger partial charge >= 0.3 is 0 Å². The third-order valence-electron chi connectivity index (χ3n) is 3.25. The molecule has 0 spiro atoms. The zero-order valence-corrected chi connectivity index (χ0v) is 11.6. The average molecular weight is 293 g/mol. The van der Waals surface area contributed by atoms with Gasteiger partial charge in [-0.25, -0.2) is 14.4 Å². The van der Waals surface area contributed by atoms with Crippen LogP contribution < -0.4 is 10.2 Å². The Hall–Kier alpha value is -1.72. The van der Waals surface area contributed by atoms with E-state index in [2.05, 4.69) is 20.2 Å². The van der Waals surface area contributed by atoms with Crippen LogP contribution in [0.5, 0.6) is 0 Å². The maximum Gasteiger partial charge on any atom is 0.225 e. The van der Waals surface area contributed by atoms with Gasteiger partial charge in [-0.05, 0) is 24.3 Å². The lowest BCUT2D eigenvalue weighted by atomic mass is 10.1. The molecular weight excluding hydrogens is 279 g/mol. The Balaban J connectivity index is 1.94. The molecule has 1 fully saturated rings. The van der Waals surface area contributed by atoms with Gasteiger partial charge in [0.25, 0.3) is 0 Å². The van der Waals surface area contributed by atoms with E-state index in [-0.39, 0.29) is 5.82 Å². The van der Waals surface area contributed by atoms with Crippen LogP contribution in [0.2, 0.25) is 5.02 Å². The third-order valence-corrected chi connectivity index (χ3v) is 3.56. The molecule has 1 aromatic heterocycles. The summed E-state index contributed by atoms with van der Waals surface area (Å²) in [5, 5.41) is 3.64. The van der Waals surface area contributed by atoms with Crippen LogP contribution >= 0.6 is 11.6 Å². The molecule has 1 aliphatic heterocycles. The summed E-state index contributed by atoms with van der Waals surface area (Å²) in [5.41, 5.74) is 1.42. The molecule has 104 valence electrons. The fourth-order valence-electron chi connectivity index (χ4n) is 2.21. The second-order valence-corrected chi connectivity index (χ2v) is 5.01. The van der Waals surface area contributed by atoms with Gasteiger partial charge in [-0.1, -0.05) is 11.6 Å². The van der Waals surface area contributed by atoms with Crippen LogP contribution in [0.4, 0.5) is 10.3 Å². The summed E-state index contributed by atoms with van der Waals surface area (Å²) in [7, 11) is 0. The number of hydrogen-bond acceptors (Lipinski definition) is 4. The summed E-state index contributed by atoms with van der Waals surface area (Å²) in [5.74, 6) is 0.333. The SMILES string of the molecule is Fc1ccc(-c2ccnc(N3CCNCC3)n2)c(Cl)c1. The summed E-state index contributed by atoms with van der Waals surface area (Å²) < 4.78 is 13.1. The number of benzene rings is 1. The van der Waals surface area contributed by atoms with Gasteiger partial charge < -0.3 is 10.2 Å². The number of anilines is 1. The van der Waals surface area contributed by atoms with Crippen LogP contribution in [0.1, 0.15) is 0 Å². The molecule has 1 N–H and O–H groups in total. The maximum atomic E-state index is 13.1. The lowest BCUT2D eigenvalue weighted by molar-refractivity contribution is 0.580. The quantitative estimate of drug-likeness (QED) is 0.922. The Kier molecular flexibility index (Phi) is 3.80. The van der Waals surface area contributed by atoms with Gasteiger partial charge in [0.15, 0.2) is 0 Å². The van der Waals surface area contributed by atoms with Crippen molar-refractivity contribution in [3.63, 3.8) is 0 Å². The Labute approximate surface area is 121 Å². The molecule has 3 rings (SSSR count). The summed E-state index contributed by atoms with van der Waals surface area (Å²) in [6.45, 7) is 3.59. The van der Waals surface area contributed by atoms with Crippen LogP contribution in [0.3, 0.4) is 0 Å². The molecule has 2 aromatic rings. The number of nitrogens with zero attached hydrogens (tertiary/aromatic N) is 3. The highest BCUT2D eigenvalue weighted by molar-refractivity contribution is 6.33. The molecule has 0 radical (unpaired) electrons. The van der Waals surface area contributed by atoms with Crippen molar-refractivity contribution in [1.82, 2.24) is 15.3 Å². The zero-order valence-electron chi connectivity index (χ0n) is 10.8. The van der Waals surface area contributed by atoms with Gasteiger partial charge in [0.2, 0.25) is 5.95 Å². The summed E-state index contributed by atoms with van der Waals surface area (Å²) in [6, 6.07) is 6.10. The van der Waals surface area contributed by atoms with Crippen LogP contribution in [-0.2, 0) is 0 Å². The van der Waals surface area contributed by atoms with Crippen molar-refractivity contribution in [2.24, 2.45) is 0 Å². The number of piperazine rings is 1. The number of nitrogens with one attached hydrogen (secondary N) is 1. The van der Waals surface area contributed by atoms with Gasteiger partial charge in [-0.3, -0.25) is 0 Å². The smallest absolute Gasteiger partial charge is 0.225 e. The van der Waals surface area contributed by atoms with Gasteiger partial charge in [0, 0.05) is 37.9 Å². The predicted molar refractivity (Wildman–Crippen MR) is 77.5 cm³/mol. The highest BCUT2D eigenvalue weighted by Gasteiger charge is 2.14. The van der Waals surface area contributed by atoms with Gasteiger partial charge in [-0.2, -0.15) is 0 Å². The summed E-state index contributed by atoms with van der Waals surface area (Å²) in [6.07, 6.45) is 1.71. The number of aromatic nitrogens is 2. The van der Waals surface area contributed by atoms with E-state index in [1.807, 2.05) is 0 Å². The van der Waals surface area contributed by atoms with Crippen molar-refractivity contribution in [3.8, 4) is 11.3 Å². The van der Waals surface area contributed by atoms with E-state index in [1.54, 1.807) is 18.3 Å². The second-order valence-electron chi connectivity index (χ2n) is 4.60. The van der Waals surface area contributed by atoms with Crippen LogP contribution in [-0.4, -0.2) is 36.1 Å². The highest BCUT2D eigenvalue weighted by Crippen LogP contribution is 2.27. The molecule has 6 heteroatoms. The zero-order chi connectivity index (χ0) is 13.9. The van der Waals surface area contributed by atoms with Crippen LogP contribution in [0, 0.1) is 5.82 Å². The van der Waals surface area contributed by atoms with Crippen molar-refractivity contribution >= 4 is 17.5 Å². The molecule has 0 bridgehead atoms. The Morgan fingerprint density at radius 2 is 2.00 bits per heavy atom. The predicted octanol–water partition coefficient (Wildman–Crippen LogP) is 2.35. The summed E-state index contributed by atoms with van der Waals surface area (Å²) >= 11 is 6.08. The van der Waals surface area contributed by atoms with Crippen LogP contribution in [0.25, 0.3) is 11.3 Å². The first-order valence-electron chi connectivity index (χ1n) is 6.48. The average Bonchev–Trinajstić information content (AvgIpc) is 2.48. The first kappa shape index (κ1) is 13.3. The Morgan fingerprint density at radius 1 is 1.20 bits per heavy atom. The minimum Gasteiger partial charge on any atom is -0.338 e. The molecular formula is C14H14ClFN4. The molecule has 1 aliphatic rings. The minimum atomic E-state index is -0.352. The molecule has 4 nitrogen and oxygen atoms in total. The molecule has 1 saturated heterocycles. The normalized spacial score (nSPS) is 15.4. The van der Waals surface area contributed by atoms with Gasteiger partial charge in [0.05, 0.1) is 10.7 Å². The second kappa shape index (κ2) is 5.73. The monoisotopic (exact) mass is 292 g/mol. The van der Waals surface area contributed by atoms with E-state index >= 15 is 0 Å². The molecule has 0 aliphatic carbocycles. The van der Waals surface area contributed by atoms with E-state index in [1.165, 1.54) is 12.1 Å². The maximum absolute atomic E-state index is 13.1. The van der Waals surface area contributed by atoms with E-state index in [0.29, 0.717) is 22.2 Å². The molecule has 2 heterocycles. The molecule has 20 heavy (non-hydrogen) atoms. The topological polar surface area (TPSA) is 41.1 Å². The first-order valence-corrected chi connectivity index (χ1v) is 6.86. The van der Waals surface area contributed by atoms with E-state index in [4.69, 9.17) is 11.6 Å². The van der Waals surface area contributed by atoms with Crippen molar-refractivity contribution in [1.29, 1.82) is 0 Å². The van der Waals surface area contributed by atoms with E-state index in [0.717, 1.165) is 26.2 Å². The van der Waals surface area contributed by atoms with Crippen LogP contribution in [0.15, 0.2) is 30.5 Å². The minimum absolute atomic E-state index is 0.352. The number of rotatable bonds is 2. The van der Waals surface area contributed by atoms with E-state index in [9.17, 15) is 4.39 Å². The van der Waals surface area contributed by atoms with Crippen molar-refractivity contribution in [3.05, 3.63) is 41.3 Å². The lowest BCUT2D eigenvalue weighted by Crippen LogP contribution is -2.44. The Morgan fingerprint density at radius 3 is 2.75 bits per heavy atom. The number of hydrogen-bond donors (Lipinski definition) is 1. The van der Waals surface area contributed by atoms with E-state index < -0.39 is 0 Å². The standard InChI is InChI=1S/C14H14ClFN4/c15-12-9-10(16)1-2-11(12)13-3-4-18-14(19-13)20-7-5-17-6-8-20/h1-4,9,17H,5-8H2. The Bertz CT molecular complexity index is 614. The molecule has 0 amide bonds. The summed E-state index contributed by atoms with van der Waals surface area (Å²) in [4.78, 5) is 11.0. The fraction of sp³-hybridized carbons (Fsp3) is 0.286. The van der Waals surface area contributed by atoms with Crippen molar-refractivity contribution in [2.45, 2.75) is 0 Å². The largest absolute Gasteiger partial charge is 0.338 e. The highest BCUT2D eigenvalue weighted by atomic mass is 35.5. The van der Waals surface area contributed by atoms with Gasteiger partial charge in [-0.15, -0.1) is 0 Å². The van der Waals surface area contributed by atoms with Crippen molar-refractivity contribution in [2.75, 3.05) is 31.1 Å². The molecule has 0 unspecified atom stereocenters. The fourth-order valence-corrected chi connectivity index (χ4v) is 2.48. The lowest BCUT2D eigenvalue weighted by Gasteiger charge is -2.27. The number of halogens is 2. The molecule has 1 aromatic carbocycles. The van der Waals surface area contributed by atoms with Gasteiger partial charge in [0.1, 0.15) is 5.82 Å². The third kappa shape index (κ3) is 2.73. The first-order chi connectivity index (χ1) is 9.74.